The fourth-order valence-electron chi connectivity index (χ4n) is 0.746. The van der Waals surface area contributed by atoms with Crippen molar-refractivity contribution in [2.45, 2.75) is 6.92 Å². The van der Waals surface area contributed by atoms with Crippen LogP contribution in [0, 0.1) is 6.92 Å². The molecule has 1 aromatic rings. The zero-order chi connectivity index (χ0) is 9.30. The van der Waals surface area contributed by atoms with E-state index in [2.05, 4.69) is 36.6 Å². The Morgan fingerprint density at radius 2 is 2.08 bits per heavy atom. The van der Waals surface area contributed by atoms with E-state index in [1.807, 2.05) is 0 Å². The summed E-state index contributed by atoms with van der Waals surface area (Å²) in [5, 5.41) is 0. The van der Waals surface area contributed by atoms with Crippen molar-refractivity contribution in [1.82, 2.24) is 0 Å². The molecule has 0 aromatic carbocycles. The van der Waals surface area contributed by atoms with Crippen LogP contribution >= 0.6 is 31.9 Å². The molecule has 0 aliphatic rings. The Hall–Kier alpha value is -0.290. The van der Waals surface area contributed by atoms with Crippen LogP contribution < -0.4 is 0 Å². The summed E-state index contributed by atoms with van der Waals surface area (Å²) in [5.41, 5.74) is 0.730. The number of ether oxygens (including phenoxy) is 1. The minimum absolute atomic E-state index is 0.219. The molecular formula is C7H6Br2O3. The molecule has 0 unspecified atom stereocenters. The lowest BCUT2D eigenvalue weighted by Gasteiger charge is -1.93. The first-order valence-electron chi connectivity index (χ1n) is 3.10. The van der Waals surface area contributed by atoms with Crippen LogP contribution in [0.3, 0.4) is 0 Å². The molecule has 12 heavy (non-hydrogen) atoms. The SMILES string of the molecule is COC(=O)c1oc(Br)c(Br)c1C. The number of furan rings is 1. The number of esters is 1. The van der Waals surface area contributed by atoms with Crippen molar-refractivity contribution < 1.29 is 13.9 Å². The number of hydrogen-bond acceptors (Lipinski definition) is 3. The number of carbonyl (C=O) groups excluding carboxylic acids is 1. The summed E-state index contributed by atoms with van der Waals surface area (Å²) in [4.78, 5) is 11.0. The first-order valence-corrected chi connectivity index (χ1v) is 4.69. The van der Waals surface area contributed by atoms with Gasteiger partial charge in [-0.25, -0.2) is 4.79 Å². The Morgan fingerprint density at radius 1 is 1.50 bits per heavy atom. The Balaban J connectivity index is 3.17. The predicted molar refractivity (Wildman–Crippen MR) is 50.2 cm³/mol. The fourth-order valence-corrected chi connectivity index (χ4v) is 1.47. The Labute approximate surface area is 86.3 Å². The lowest BCUT2D eigenvalue weighted by molar-refractivity contribution is 0.0562. The average Bonchev–Trinajstić information content (AvgIpc) is 2.32. The Kier molecular flexibility index (Phi) is 2.95. The van der Waals surface area contributed by atoms with E-state index in [1.165, 1.54) is 7.11 Å². The van der Waals surface area contributed by atoms with Crippen molar-refractivity contribution in [3.63, 3.8) is 0 Å². The molecule has 0 aliphatic carbocycles. The molecule has 0 spiro atoms. The van der Waals surface area contributed by atoms with Gasteiger partial charge >= 0.3 is 5.97 Å². The number of carbonyl (C=O) groups is 1. The molecule has 0 N–H and O–H groups in total. The zero-order valence-electron chi connectivity index (χ0n) is 6.48. The van der Waals surface area contributed by atoms with Crippen LogP contribution in [0.25, 0.3) is 0 Å². The Bertz CT molecular complexity index is 317. The van der Waals surface area contributed by atoms with Gasteiger partial charge in [0.25, 0.3) is 0 Å². The van der Waals surface area contributed by atoms with Gasteiger partial charge in [-0.3, -0.25) is 0 Å². The number of rotatable bonds is 1. The van der Waals surface area contributed by atoms with E-state index in [1.54, 1.807) is 6.92 Å². The van der Waals surface area contributed by atoms with Crippen molar-refractivity contribution in [1.29, 1.82) is 0 Å². The molecular weight excluding hydrogens is 292 g/mol. The molecule has 0 fully saturated rings. The molecule has 5 heteroatoms. The number of methoxy groups -OCH3 is 1. The van der Waals surface area contributed by atoms with Gasteiger partial charge in [0, 0.05) is 5.56 Å². The summed E-state index contributed by atoms with van der Waals surface area (Å²) in [5.74, 6) is -0.254. The minimum Gasteiger partial charge on any atom is -0.463 e. The van der Waals surface area contributed by atoms with Gasteiger partial charge in [0.1, 0.15) is 0 Å². The summed E-state index contributed by atoms with van der Waals surface area (Å²) < 4.78 is 10.8. The molecule has 66 valence electrons. The van der Waals surface area contributed by atoms with E-state index in [9.17, 15) is 4.79 Å². The summed E-state index contributed by atoms with van der Waals surface area (Å²) in [6.07, 6.45) is 0. The molecule has 1 aromatic heterocycles. The molecule has 1 heterocycles. The van der Waals surface area contributed by atoms with Crippen LogP contribution in [0.15, 0.2) is 13.6 Å². The van der Waals surface area contributed by atoms with E-state index in [4.69, 9.17) is 4.42 Å². The standard InChI is InChI=1S/C7H6Br2O3/c1-3-4(8)6(9)12-5(3)7(10)11-2/h1-2H3. The highest BCUT2D eigenvalue weighted by atomic mass is 79.9. The van der Waals surface area contributed by atoms with Crippen molar-refractivity contribution >= 4 is 37.8 Å². The van der Waals surface area contributed by atoms with Gasteiger partial charge in [-0.15, -0.1) is 0 Å². The summed E-state index contributed by atoms with van der Waals surface area (Å²) in [6.45, 7) is 1.77. The van der Waals surface area contributed by atoms with Crippen molar-refractivity contribution in [2.24, 2.45) is 0 Å². The van der Waals surface area contributed by atoms with Gasteiger partial charge < -0.3 is 9.15 Å². The second-order valence-corrected chi connectivity index (χ2v) is 3.65. The second-order valence-electron chi connectivity index (χ2n) is 2.14. The smallest absolute Gasteiger partial charge is 0.374 e. The highest BCUT2D eigenvalue weighted by Gasteiger charge is 2.19. The Morgan fingerprint density at radius 3 is 2.42 bits per heavy atom. The third-order valence-electron chi connectivity index (χ3n) is 1.40. The molecule has 0 saturated heterocycles. The van der Waals surface area contributed by atoms with Crippen LogP contribution in [0.2, 0.25) is 0 Å². The highest BCUT2D eigenvalue weighted by Crippen LogP contribution is 2.31. The molecule has 0 aliphatic heterocycles. The maximum Gasteiger partial charge on any atom is 0.374 e. The highest BCUT2D eigenvalue weighted by molar-refractivity contribution is 9.13. The molecule has 3 nitrogen and oxygen atoms in total. The van der Waals surface area contributed by atoms with Gasteiger partial charge in [-0.2, -0.15) is 0 Å². The van der Waals surface area contributed by atoms with E-state index < -0.39 is 5.97 Å². The normalized spacial score (nSPS) is 10.0. The van der Waals surface area contributed by atoms with Crippen LogP contribution in [-0.4, -0.2) is 13.1 Å². The maximum absolute atomic E-state index is 11.0. The monoisotopic (exact) mass is 296 g/mol. The molecule has 0 radical (unpaired) electrons. The molecule has 1 rings (SSSR count). The lowest BCUT2D eigenvalue weighted by Crippen LogP contribution is -2.00. The topological polar surface area (TPSA) is 39.4 Å². The van der Waals surface area contributed by atoms with Crippen LogP contribution in [0.1, 0.15) is 16.1 Å². The maximum atomic E-state index is 11.0. The van der Waals surface area contributed by atoms with E-state index in [0.29, 0.717) is 4.67 Å². The number of hydrogen-bond donors (Lipinski definition) is 0. The van der Waals surface area contributed by atoms with Gasteiger partial charge in [0.2, 0.25) is 5.76 Å². The van der Waals surface area contributed by atoms with Gasteiger partial charge in [-0.1, -0.05) is 0 Å². The van der Waals surface area contributed by atoms with Crippen molar-refractivity contribution in [3.05, 3.63) is 20.5 Å². The summed E-state index contributed by atoms with van der Waals surface area (Å²) in [7, 11) is 1.31. The van der Waals surface area contributed by atoms with Crippen LogP contribution in [0.5, 0.6) is 0 Å². The molecule has 0 saturated carbocycles. The van der Waals surface area contributed by atoms with Gasteiger partial charge in [0.05, 0.1) is 11.6 Å². The van der Waals surface area contributed by atoms with E-state index in [0.717, 1.165) is 10.0 Å². The fraction of sp³-hybridized carbons (Fsp3) is 0.286. The third kappa shape index (κ3) is 1.56. The number of halogens is 2. The largest absolute Gasteiger partial charge is 0.463 e. The zero-order valence-corrected chi connectivity index (χ0v) is 9.65. The summed E-state index contributed by atoms with van der Waals surface area (Å²) >= 11 is 6.39. The quantitative estimate of drug-likeness (QED) is 0.748. The summed E-state index contributed by atoms with van der Waals surface area (Å²) in [6, 6.07) is 0. The predicted octanol–water partition coefficient (Wildman–Crippen LogP) is 2.90. The first-order chi connectivity index (χ1) is 5.57. The molecule has 0 bridgehead atoms. The minimum atomic E-state index is -0.473. The van der Waals surface area contributed by atoms with Crippen molar-refractivity contribution in [3.8, 4) is 0 Å². The lowest BCUT2D eigenvalue weighted by atomic mass is 10.3. The molecule has 0 amide bonds. The molecule has 0 atom stereocenters. The van der Waals surface area contributed by atoms with E-state index >= 15 is 0 Å². The second kappa shape index (κ2) is 3.62. The average molecular weight is 298 g/mol. The third-order valence-corrected chi connectivity index (χ3v) is 3.45. The van der Waals surface area contributed by atoms with Crippen LogP contribution in [-0.2, 0) is 4.74 Å². The van der Waals surface area contributed by atoms with E-state index in [-0.39, 0.29) is 5.76 Å². The first kappa shape index (κ1) is 9.80. The van der Waals surface area contributed by atoms with Gasteiger partial charge in [-0.05, 0) is 38.8 Å². The van der Waals surface area contributed by atoms with Gasteiger partial charge in [0.15, 0.2) is 4.67 Å². The van der Waals surface area contributed by atoms with Crippen molar-refractivity contribution in [2.75, 3.05) is 7.11 Å². The van der Waals surface area contributed by atoms with Crippen LogP contribution in [0.4, 0.5) is 0 Å².